The number of rotatable bonds is 4. The zero-order chi connectivity index (χ0) is 14.5. The molecule has 2 aromatic carbocycles. The van der Waals surface area contributed by atoms with Crippen molar-refractivity contribution < 1.29 is 9.18 Å². The average molecular weight is 271 g/mol. The van der Waals surface area contributed by atoms with Gasteiger partial charge in [0.25, 0.3) is 5.91 Å². The summed E-state index contributed by atoms with van der Waals surface area (Å²) in [4.78, 5) is 12.2. The van der Waals surface area contributed by atoms with E-state index in [1.165, 1.54) is 12.1 Å². The second-order valence-electron chi connectivity index (χ2n) is 5.11. The Bertz CT molecular complexity index is 563. The normalized spacial score (nSPS) is 12.2. The molecule has 0 heterocycles. The highest BCUT2D eigenvalue weighted by Crippen LogP contribution is 2.22. The highest BCUT2D eigenvalue weighted by Gasteiger charge is 2.19. The van der Waals surface area contributed by atoms with Gasteiger partial charge in [0.1, 0.15) is 5.82 Å². The minimum absolute atomic E-state index is 0.117. The third-order valence-electron chi connectivity index (χ3n) is 3.22. The van der Waals surface area contributed by atoms with Crippen molar-refractivity contribution in [2.24, 2.45) is 5.92 Å². The van der Waals surface area contributed by atoms with Crippen LogP contribution in [0.2, 0.25) is 0 Å². The van der Waals surface area contributed by atoms with Gasteiger partial charge >= 0.3 is 0 Å². The monoisotopic (exact) mass is 271 g/mol. The van der Waals surface area contributed by atoms with Gasteiger partial charge in [-0.3, -0.25) is 4.79 Å². The number of nitrogens with one attached hydrogen (secondary N) is 1. The molecule has 0 aliphatic heterocycles. The molecule has 3 heteroatoms. The molecule has 0 aromatic heterocycles. The lowest BCUT2D eigenvalue weighted by Gasteiger charge is -2.23. The first kappa shape index (κ1) is 14.3. The molecule has 1 N–H and O–H groups in total. The minimum Gasteiger partial charge on any atom is -0.345 e. The van der Waals surface area contributed by atoms with Gasteiger partial charge in [-0.05, 0) is 35.7 Å². The van der Waals surface area contributed by atoms with Crippen LogP contribution in [0.5, 0.6) is 0 Å². The lowest BCUT2D eigenvalue weighted by molar-refractivity contribution is 0.0925. The molecule has 0 bridgehead atoms. The van der Waals surface area contributed by atoms with E-state index in [1.54, 1.807) is 24.3 Å². The predicted molar refractivity (Wildman–Crippen MR) is 77.9 cm³/mol. The molecule has 2 aromatic rings. The van der Waals surface area contributed by atoms with Crippen LogP contribution in [0.4, 0.5) is 4.39 Å². The van der Waals surface area contributed by atoms with Crippen molar-refractivity contribution in [1.82, 2.24) is 5.32 Å². The summed E-state index contributed by atoms with van der Waals surface area (Å²) in [5, 5.41) is 3.01. The molecule has 0 fully saturated rings. The van der Waals surface area contributed by atoms with E-state index in [0.717, 1.165) is 5.56 Å². The zero-order valence-corrected chi connectivity index (χ0v) is 11.6. The summed E-state index contributed by atoms with van der Waals surface area (Å²) >= 11 is 0. The number of amides is 1. The Kier molecular flexibility index (Phi) is 4.51. The molecule has 0 radical (unpaired) electrons. The minimum atomic E-state index is -0.273. The number of carbonyl (C=O) groups is 1. The molecule has 1 amide bonds. The van der Waals surface area contributed by atoms with Crippen LogP contribution in [0, 0.1) is 11.7 Å². The fraction of sp³-hybridized carbons (Fsp3) is 0.235. The zero-order valence-electron chi connectivity index (χ0n) is 11.6. The highest BCUT2D eigenvalue weighted by molar-refractivity contribution is 5.94. The molecule has 1 unspecified atom stereocenters. The van der Waals surface area contributed by atoms with E-state index in [0.29, 0.717) is 5.56 Å². The quantitative estimate of drug-likeness (QED) is 0.896. The van der Waals surface area contributed by atoms with E-state index in [2.05, 4.69) is 5.32 Å². The number of benzene rings is 2. The van der Waals surface area contributed by atoms with E-state index >= 15 is 0 Å². The van der Waals surface area contributed by atoms with Gasteiger partial charge in [-0.1, -0.05) is 44.2 Å². The molecule has 1 atom stereocenters. The molecule has 0 spiro atoms. The van der Waals surface area contributed by atoms with E-state index in [9.17, 15) is 9.18 Å². The van der Waals surface area contributed by atoms with Gasteiger partial charge in [0.15, 0.2) is 0 Å². The first-order valence-corrected chi connectivity index (χ1v) is 6.69. The van der Waals surface area contributed by atoms with E-state index in [-0.39, 0.29) is 23.7 Å². The topological polar surface area (TPSA) is 29.1 Å². The molecule has 0 saturated carbocycles. The maximum absolute atomic E-state index is 13.0. The first-order valence-electron chi connectivity index (χ1n) is 6.69. The third-order valence-corrected chi connectivity index (χ3v) is 3.22. The second-order valence-corrected chi connectivity index (χ2v) is 5.11. The SMILES string of the molecule is CC(C)C(NC(=O)c1ccccc1)c1ccc(F)cc1. The Balaban J connectivity index is 2.18. The van der Waals surface area contributed by atoms with Gasteiger partial charge in [0.2, 0.25) is 0 Å². The fourth-order valence-corrected chi connectivity index (χ4v) is 2.12. The van der Waals surface area contributed by atoms with Crippen LogP contribution in [0.25, 0.3) is 0 Å². The summed E-state index contributed by atoms with van der Waals surface area (Å²) in [6.07, 6.45) is 0. The Labute approximate surface area is 118 Å². The fourth-order valence-electron chi connectivity index (χ4n) is 2.12. The molecule has 0 saturated heterocycles. The van der Waals surface area contributed by atoms with Crippen molar-refractivity contribution in [1.29, 1.82) is 0 Å². The van der Waals surface area contributed by atoms with Crippen molar-refractivity contribution in [2.75, 3.05) is 0 Å². The van der Waals surface area contributed by atoms with Gasteiger partial charge in [-0.2, -0.15) is 0 Å². The van der Waals surface area contributed by atoms with Crippen molar-refractivity contribution in [3.8, 4) is 0 Å². The molecule has 2 nitrogen and oxygen atoms in total. The summed E-state index contributed by atoms with van der Waals surface area (Å²) < 4.78 is 13.0. The van der Waals surface area contributed by atoms with Gasteiger partial charge in [0, 0.05) is 5.56 Å². The number of carbonyl (C=O) groups excluding carboxylic acids is 1. The van der Waals surface area contributed by atoms with Crippen LogP contribution in [0.1, 0.15) is 35.8 Å². The van der Waals surface area contributed by atoms with Gasteiger partial charge in [0.05, 0.1) is 6.04 Å². The number of halogens is 1. The molecular weight excluding hydrogens is 253 g/mol. The summed E-state index contributed by atoms with van der Waals surface area (Å²) in [6.45, 7) is 4.05. The van der Waals surface area contributed by atoms with Crippen LogP contribution < -0.4 is 5.32 Å². The average Bonchev–Trinajstić information content (AvgIpc) is 2.46. The predicted octanol–water partition coefficient (Wildman–Crippen LogP) is 3.95. The van der Waals surface area contributed by atoms with Crippen LogP contribution in [0.3, 0.4) is 0 Å². The summed E-state index contributed by atoms with van der Waals surface area (Å²) in [6, 6.07) is 15.2. The van der Waals surface area contributed by atoms with E-state index < -0.39 is 0 Å². The van der Waals surface area contributed by atoms with Gasteiger partial charge in [-0.15, -0.1) is 0 Å². The molecule has 20 heavy (non-hydrogen) atoms. The van der Waals surface area contributed by atoms with Crippen LogP contribution in [0.15, 0.2) is 54.6 Å². The van der Waals surface area contributed by atoms with Crippen molar-refractivity contribution in [2.45, 2.75) is 19.9 Å². The van der Waals surface area contributed by atoms with Crippen molar-refractivity contribution in [3.05, 3.63) is 71.5 Å². The summed E-state index contributed by atoms with van der Waals surface area (Å²) in [5.41, 5.74) is 1.53. The number of hydrogen-bond donors (Lipinski definition) is 1. The summed E-state index contributed by atoms with van der Waals surface area (Å²) in [5.74, 6) is -0.174. The van der Waals surface area contributed by atoms with E-state index in [1.807, 2.05) is 32.0 Å². The third kappa shape index (κ3) is 3.44. The standard InChI is InChI=1S/C17H18FNO/c1-12(2)16(13-8-10-15(18)11-9-13)19-17(20)14-6-4-3-5-7-14/h3-12,16H,1-2H3,(H,19,20). The molecule has 0 aliphatic rings. The van der Waals surface area contributed by atoms with Crippen LogP contribution in [-0.2, 0) is 0 Å². The maximum Gasteiger partial charge on any atom is 0.251 e. The van der Waals surface area contributed by atoms with Crippen LogP contribution in [-0.4, -0.2) is 5.91 Å². The lowest BCUT2D eigenvalue weighted by atomic mass is 9.95. The lowest BCUT2D eigenvalue weighted by Crippen LogP contribution is -2.31. The molecule has 2 rings (SSSR count). The van der Waals surface area contributed by atoms with Gasteiger partial charge < -0.3 is 5.32 Å². The first-order chi connectivity index (χ1) is 9.58. The second kappa shape index (κ2) is 6.33. The van der Waals surface area contributed by atoms with Crippen molar-refractivity contribution >= 4 is 5.91 Å². The van der Waals surface area contributed by atoms with Crippen LogP contribution >= 0.6 is 0 Å². The van der Waals surface area contributed by atoms with Crippen molar-refractivity contribution in [3.63, 3.8) is 0 Å². The number of hydrogen-bond acceptors (Lipinski definition) is 1. The summed E-state index contributed by atoms with van der Waals surface area (Å²) in [7, 11) is 0. The van der Waals surface area contributed by atoms with E-state index in [4.69, 9.17) is 0 Å². The molecule has 104 valence electrons. The van der Waals surface area contributed by atoms with Gasteiger partial charge in [-0.25, -0.2) is 4.39 Å². The highest BCUT2D eigenvalue weighted by atomic mass is 19.1. The Morgan fingerprint density at radius 3 is 2.15 bits per heavy atom. The maximum atomic E-state index is 13.0. The largest absolute Gasteiger partial charge is 0.345 e. The molecule has 0 aliphatic carbocycles. The Hall–Kier alpha value is -2.16. The Morgan fingerprint density at radius 1 is 1.00 bits per heavy atom. The molecular formula is C17H18FNO. The smallest absolute Gasteiger partial charge is 0.251 e. The Morgan fingerprint density at radius 2 is 1.60 bits per heavy atom.